The van der Waals surface area contributed by atoms with E-state index in [-0.39, 0.29) is 18.1 Å². The molecule has 0 aliphatic heterocycles. The monoisotopic (exact) mass is 339 g/mol. The second-order valence-corrected chi connectivity index (χ2v) is 7.74. The predicted octanol–water partition coefficient (Wildman–Crippen LogP) is -0.0422. The number of hydrogen-bond acceptors (Lipinski definition) is 4. The second kappa shape index (κ2) is 9.06. The highest BCUT2D eigenvalue weighted by atomic mass is 32.2. The van der Waals surface area contributed by atoms with E-state index in [2.05, 4.69) is 5.32 Å². The number of amides is 1. The van der Waals surface area contributed by atoms with Gasteiger partial charge in [0.2, 0.25) is 5.91 Å². The minimum Gasteiger partial charge on any atom is -0.481 e. The van der Waals surface area contributed by atoms with Gasteiger partial charge in [-0.2, -0.15) is 8.42 Å². The van der Waals surface area contributed by atoms with Crippen molar-refractivity contribution in [3.05, 3.63) is 0 Å². The minimum absolute atomic E-state index is 0.0397. The fourth-order valence-corrected chi connectivity index (χ4v) is 2.45. The molecule has 8 nitrogen and oxygen atoms in total. The molecule has 0 spiro atoms. The van der Waals surface area contributed by atoms with Crippen LogP contribution in [0.5, 0.6) is 0 Å². The SMILES string of the molecule is CC(CC(=O)NCCC[N+](C)(C)CCCS(=O)(=O)O)C(=O)O. The lowest BCUT2D eigenvalue weighted by molar-refractivity contribution is -0.890. The summed E-state index contributed by atoms with van der Waals surface area (Å²) >= 11 is 0. The van der Waals surface area contributed by atoms with E-state index in [1.165, 1.54) is 6.92 Å². The Morgan fingerprint density at radius 1 is 1.18 bits per heavy atom. The van der Waals surface area contributed by atoms with Crippen molar-refractivity contribution < 1.29 is 32.1 Å². The van der Waals surface area contributed by atoms with Crippen LogP contribution in [0.1, 0.15) is 26.2 Å². The molecule has 0 aliphatic carbocycles. The molecule has 3 N–H and O–H groups in total. The number of quaternary nitrogens is 1. The number of hydrogen-bond donors (Lipinski definition) is 3. The van der Waals surface area contributed by atoms with E-state index in [0.717, 1.165) is 6.54 Å². The maximum absolute atomic E-state index is 11.5. The average molecular weight is 339 g/mol. The van der Waals surface area contributed by atoms with E-state index in [1.54, 1.807) is 0 Å². The number of nitrogens with one attached hydrogen (secondary N) is 1. The lowest BCUT2D eigenvalue weighted by atomic mass is 10.1. The van der Waals surface area contributed by atoms with E-state index in [4.69, 9.17) is 9.66 Å². The van der Waals surface area contributed by atoms with Gasteiger partial charge in [-0.1, -0.05) is 6.92 Å². The summed E-state index contributed by atoms with van der Waals surface area (Å²) in [6.07, 6.45) is 1.03. The van der Waals surface area contributed by atoms with Gasteiger partial charge in [-0.3, -0.25) is 14.1 Å². The van der Waals surface area contributed by atoms with E-state index < -0.39 is 22.0 Å². The minimum atomic E-state index is -3.92. The lowest BCUT2D eigenvalue weighted by Gasteiger charge is -2.29. The van der Waals surface area contributed by atoms with E-state index in [1.807, 2.05) is 14.1 Å². The molecule has 0 bridgehead atoms. The zero-order valence-electron chi connectivity index (χ0n) is 13.4. The van der Waals surface area contributed by atoms with E-state index in [0.29, 0.717) is 30.4 Å². The van der Waals surface area contributed by atoms with Crippen molar-refractivity contribution in [2.45, 2.75) is 26.2 Å². The van der Waals surface area contributed by atoms with Crippen molar-refractivity contribution in [3.63, 3.8) is 0 Å². The van der Waals surface area contributed by atoms with Crippen LogP contribution in [-0.2, 0) is 19.7 Å². The molecule has 22 heavy (non-hydrogen) atoms. The summed E-state index contributed by atoms with van der Waals surface area (Å²) in [7, 11) is -0.0310. The molecule has 1 unspecified atom stereocenters. The molecule has 0 rings (SSSR count). The number of aliphatic carboxylic acids is 1. The summed E-state index contributed by atoms with van der Waals surface area (Å²) in [4.78, 5) is 22.1. The molecular weight excluding hydrogens is 312 g/mol. The Bertz CT molecular complexity index is 475. The van der Waals surface area contributed by atoms with E-state index >= 15 is 0 Å². The van der Waals surface area contributed by atoms with Crippen molar-refractivity contribution in [3.8, 4) is 0 Å². The normalized spacial score (nSPS) is 13.6. The molecule has 0 saturated heterocycles. The van der Waals surface area contributed by atoms with Crippen LogP contribution in [0.4, 0.5) is 0 Å². The molecule has 1 atom stereocenters. The molecule has 130 valence electrons. The van der Waals surface area contributed by atoms with Crippen molar-refractivity contribution in [1.29, 1.82) is 0 Å². The smallest absolute Gasteiger partial charge is 0.306 e. The summed E-state index contributed by atoms with van der Waals surface area (Å²) in [6.45, 7) is 3.27. The molecule has 0 heterocycles. The van der Waals surface area contributed by atoms with Gasteiger partial charge in [0.1, 0.15) is 0 Å². The van der Waals surface area contributed by atoms with Gasteiger partial charge in [0.25, 0.3) is 10.1 Å². The van der Waals surface area contributed by atoms with Crippen LogP contribution in [0.15, 0.2) is 0 Å². The first kappa shape index (κ1) is 20.8. The fourth-order valence-electron chi connectivity index (χ4n) is 1.96. The largest absolute Gasteiger partial charge is 0.481 e. The quantitative estimate of drug-likeness (QED) is 0.276. The average Bonchev–Trinajstić information content (AvgIpc) is 2.32. The Kier molecular flexibility index (Phi) is 8.57. The molecule has 0 radical (unpaired) electrons. The third-order valence-electron chi connectivity index (χ3n) is 3.34. The van der Waals surface area contributed by atoms with E-state index in [9.17, 15) is 18.0 Å². The fraction of sp³-hybridized carbons (Fsp3) is 0.846. The van der Waals surface area contributed by atoms with Gasteiger partial charge in [0.15, 0.2) is 0 Å². The third-order valence-corrected chi connectivity index (χ3v) is 4.15. The Labute approximate surface area is 131 Å². The maximum Gasteiger partial charge on any atom is 0.306 e. The molecular formula is C13H27N2O6S+. The van der Waals surface area contributed by atoms with Crippen LogP contribution in [-0.4, -0.2) is 73.9 Å². The first-order valence-corrected chi connectivity index (χ1v) is 8.80. The molecule has 0 saturated carbocycles. The van der Waals surface area contributed by atoms with Crippen LogP contribution in [0, 0.1) is 5.92 Å². The molecule has 0 aliphatic rings. The van der Waals surface area contributed by atoms with Crippen LogP contribution in [0.2, 0.25) is 0 Å². The van der Waals surface area contributed by atoms with Crippen LogP contribution < -0.4 is 5.32 Å². The summed E-state index contributed by atoms with van der Waals surface area (Å²) in [5, 5.41) is 11.4. The number of carbonyl (C=O) groups excluding carboxylic acids is 1. The van der Waals surface area contributed by atoms with Crippen LogP contribution >= 0.6 is 0 Å². The van der Waals surface area contributed by atoms with Crippen molar-refractivity contribution in [2.75, 3.05) is 39.5 Å². The number of rotatable bonds is 11. The van der Waals surface area contributed by atoms with Gasteiger partial charge in [-0.15, -0.1) is 0 Å². The van der Waals surface area contributed by atoms with Gasteiger partial charge in [0, 0.05) is 25.8 Å². The first-order chi connectivity index (χ1) is 9.93. The highest BCUT2D eigenvalue weighted by molar-refractivity contribution is 7.85. The Balaban J connectivity index is 3.89. The second-order valence-electron chi connectivity index (χ2n) is 6.17. The summed E-state index contributed by atoms with van der Waals surface area (Å²) in [5.41, 5.74) is 0. The highest BCUT2D eigenvalue weighted by Crippen LogP contribution is 2.03. The van der Waals surface area contributed by atoms with Gasteiger partial charge in [-0.05, 0) is 0 Å². The molecule has 0 aromatic rings. The van der Waals surface area contributed by atoms with Crippen molar-refractivity contribution >= 4 is 22.0 Å². The topological polar surface area (TPSA) is 121 Å². The zero-order valence-corrected chi connectivity index (χ0v) is 14.2. The van der Waals surface area contributed by atoms with Crippen molar-refractivity contribution in [2.24, 2.45) is 5.92 Å². The number of carboxylic acid groups (broad SMARTS) is 1. The first-order valence-electron chi connectivity index (χ1n) is 7.19. The Morgan fingerprint density at radius 2 is 1.73 bits per heavy atom. The zero-order chi connectivity index (χ0) is 17.4. The molecule has 9 heteroatoms. The third kappa shape index (κ3) is 11.5. The number of carbonyl (C=O) groups is 2. The van der Waals surface area contributed by atoms with Crippen molar-refractivity contribution in [1.82, 2.24) is 5.32 Å². The van der Waals surface area contributed by atoms with Gasteiger partial charge < -0.3 is 14.9 Å². The molecule has 0 fully saturated rings. The Hall–Kier alpha value is -1.19. The standard InChI is InChI=1S/C13H26N2O6S/c1-11(13(17)18)10-12(16)14-6-4-7-15(2,3)8-5-9-22(19,20)21/h11H,4-10H2,1-3H3,(H2-,14,16,17,18,19,20,21)/p+1. The summed E-state index contributed by atoms with van der Waals surface area (Å²) in [6, 6.07) is 0. The van der Waals surface area contributed by atoms with Gasteiger partial charge >= 0.3 is 5.97 Å². The van der Waals surface area contributed by atoms with Gasteiger partial charge in [-0.25, -0.2) is 0 Å². The van der Waals surface area contributed by atoms with Crippen LogP contribution in [0.3, 0.4) is 0 Å². The lowest BCUT2D eigenvalue weighted by Crippen LogP contribution is -2.43. The molecule has 0 aromatic carbocycles. The predicted molar refractivity (Wildman–Crippen MR) is 81.9 cm³/mol. The molecule has 1 amide bonds. The summed E-state index contributed by atoms with van der Waals surface area (Å²) < 4.78 is 30.6. The number of carboxylic acids is 1. The number of nitrogens with zero attached hydrogens (tertiary/aromatic N) is 1. The molecule has 0 aromatic heterocycles. The summed E-state index contributed by atoms with van der Waals surface area (Å²) in [5.74, 6) is -2.23. The van der Waals surface area contributed by atoms with Gasteiger partial charge in [0.05, 0.1) is 38.9 Å². The highest BCUT2D eigenvalue weighted by Gasteiger charge is 2.18. The maximum atomic E-state index is 11.5. The Morgan fingerprint density at radius 3 is 2.23 bits per heavy atom. The van der Waals surface area contributed by atoms with Crippen LogP contribution in [0.25, 0.3) is 0 Å².